The van der Waals surface area contributed by atoms with Crippen LogP contribution in [0.5, 0.6) is 11.5 Å². The van der Waals surface area contributed by atoms with Crippen molar-refractivity contribution in [2.24, 2.45) is 0 Å². The van der Waals surface area contributed by atoms with Gasteiger partial charge in [-0.3, -0.25) is 4.98 Å². The molecule has 1 saturated carbocycles. The molecule has 1 heterocycles. The Labute approximate surface area is 123 Å². The number of nitrogens with zero attached hydrogens (tertiary/aromatic N) is 1. The predicted octanol–water partition coefficient (Wildman–Crippen LogP) is 4.09. The van der Waals surface area contributed by atoms with Gasteiger partial charge in [-0.2, -0.15) is 0 Å². The molecule has 0 radical (unpaired) electrons. The number of nitrogens with one attached hydrogen (secondary N) is 1. The molecule has 1 aliphatic carbocycles. The number of aryl methyl sites for hydroxylation is 1. The van der Waals surface area contributed by atoms with Gasteiger partial charge in [0.2, 0.25) is 0 Å². The average molecular weight is 289 g/mol. The number of aromatic nitrogens is 1. The van der Waals surface area contributed by atoms with Crippen LogP contribution in [0.1, 0.15) is 24.0 Å². The lowest BCUT2D eigenvalue weighted by molar-refractivity contribution is 0.471. The summed E-state index contributed by atoms with van der Waals surface area (Å²) in [6, 6.07) is 8.31. The minimum absolute atomic E-state index is 0.619. The summed E-state index contributed by atoms with van der Waals surface area (Å²) < 4.78 is 5.96. The van der Waals surface area contributed by atoms with Crippen molar-refractivity contribution in [2.45, 2.75) is 32.4 Å². The fraction of sp³-hybridized carbons (Fsp3) is 0.312. The van der Waals surface area contributed by atoms with Gasteiger partial charge in [-0.25, -0.2) is 0 Å². The molecule has 0 aliphatic heterocycles. The number of pyridine rings is 1. The van der Waals surface area contributed by atoms with Gasteiger partial charge in [0.05, 0.1) is 5.02 Å². The first kappa shape index (κ1) is 13.4. The Balaban J connectivity index is 1.80. The first-order valence-corrected chi connectivity index (χ1v) is 7.20. The number of hydrogen-bond acceptors (Lipinski definition) is 3. The van der Waals surface area contributed by atoms with Crippen LogP contribution in [-0.2, 0) is 6.54 Å². The van der Waals surface area contributed by atoms with E-state index < -0.39 is 0 Å². The quantitative estimate of drug-likeness (QED) is 0.900. The normalized spacial score (nSPS) is 14.3. The summed E-state index contributed by atoms with van der Waals surface area (Å²) in [6.07, 6.45) is 6.11. The van der Waals surface area contributed by atoms with Crippen LogP contribution in [0.4, 0.5) is 0 Å². The minimum atomic E-state index is 0.619. The first-order valence-electron chi connectivity index (χ1n) is 6.82. The Bertz CT molecular complexity index is 611. The standard InChI is InChI=1S/C16H17ClN2O/c1-11-2-5-14(17)16(8-11)20-15-6-7-18-9-12(15)10-19-13-3-4-13/h2,5-9,13,19H,3-4,10H2,1H3. The maximum absolute atomic E-state index is 6.18. The van der Waals surface area contributed by atoms with Gasteiger partial charge in [-0.05, 0) is 43.5 Å². The van der Waals surface area contributed by atoms with Crippen LogP contribution < -0.4 is 10.1 Å². The molecule has 20 heavy (non-hydrogen) atoms. The zero-order valence-electron chi connectivity index (χ0n) is 11.4. The molecule has 1 aliphatic rings. The van der Waals surface area contributed by atoms with E-state index in [-0.39, 0.29) is 0 Å². The van der Waals surface area contributed by atoms with E-state index in [1.54, 1.807) is 6.20 Å². The van der Waals surface area contributed by atoms with E-state index >= 15 is 0 Å². The molecule has 4 heteroatoms. The third-order valence-electron chi connectivity index (χ3n) is 3.32. The van der Waals surface area contributed by atoms with Gasteiger partial charge in [0.1, 0.15) is 11.5 Å². The second-order valence-corrected chi connectivity index (χ2v) is 5.58. The van der Waals surface area contributed by atoms with E-state index in [1.807, 2.05) is 37.4 Å². The predicted molar refractivity (Wildman–Crippen MR) is 80.4 cm³/mol. The van der Waals surface area contributed by atoms with Crippen molar-refractivity contribution in [1.82, 2.24) is 10.3 Å². The van der Waals surface area contributed by atoms with Crippen LogP contribution in [0.3, 0.4) is 0 Å². The summed E-state index contributed by atoms with van der Waals surface area (Å²) in [5.74, 6) is 1.49. The van der Waals surface area contributed by atoms with Gasteiger partial charge in [-0.15, -0.1) is 0 Å². The smallest absolute Gasteiger partial charge is 0.146 e. The van der Waals surface area contributed by atoms with E-state index in [0.29, 0.717) is 16.8 Å². The molecule has 1 fully saturated rings. The highest BCUT2D eigenvalue weighted by atomic mass is 35.5. The maximum Gasteiger partial charge on any atom is 0.146 e. The van der Waals surface area contributed by atoms with Crippen LogP contribution in [-0.4, -0.2) is 11.0 Å². The number of halogens is 1. The third kappa shape index (κ3) is 3.30. The molecule has 0 unspecified atom stereocenters. The van der Waals surface area contributed by atoms with Crippen molar-refractivity contribution in [3.05, 3.63) is 52.8 Å². The molecular weight excluding hydrogens is 272 g/mol. The van der Waals surface area contributed by atoms with E-state index in [9.17, 15) is 0 Å². The minimum Gasteiger partial charge on any atom is -0.455 e. The van der Waals surface area contributed by atoms with Crippen molar-refractivity contribution in [1.29, 1.82) is 0 Å². The summed E-state index contributed by atoms with van der Waals surface area (Å²) in [5, 5.41) is 4.09. The monoisotopic (exact) mass is 288 g/mol. The Morgan fingerprint density at radius 1 is 1.30 bits per heavy atom. The summed E-state index contributed by atoms with van der Waals surface area (Å²) in [4.78, 5) is 4.17. The van der Waals surface area contributed by atoms with Crippen LogP contribution in [0.25, 0.3) is 0 Å². The van der Waals surface area contributed by atoms with Gasteiger partial charge in [0.15, 0.2) is 0 Å². The lowest BCUT2D eigenvalue weighted by Gasteiger charge is -2.12. The number of ether oxygens (including phenoxy) is 1. The van der Waals surface area contributed by atoms with Crippen LogP contribution in [0, 0.1) is 6.92 Å². The van der Waals surface area contributed by atoms with Crippen LogP contribution >= 0.6 is 11.6 Å². The van der Waals surface area contributed by atoms with Crippen LogP contribution in [0.2, 0.25) is 5.02 Å². The zero-order valence-corrected chi connectivity index (χ0v) is 12.2. The number of hydrogen-bond donors (Lipinski definition) is 1. The van der Waals surface area contributed by atoms with Crippen molar-refractivity contribution >= 4 is 11.6 Å². The fourth-order valence-electron chi connectivity index (χ4n) is 2.00. The first-order chi connectivity index (χ1) is 9.72. The maximum atomic E-state index is 6.18. The molecule has 104 valence electrons. The second kappa shape index (κ2) is 5.81. The number of benzene rings is 1. The molecule has 0 bridgehead atoms. The highest BCUT2D eigenvalue weighted by Gasteiger charge is 2.20. The topological polar surface area (TPSA) is 34.1 Å². The van der Waals surface area contributed by atoms with Crippen molar-refractivity contribution in [3.8, 4) is 11.5 Å². The Hall–Kier alpha value is -1.58. The lowest BCUT2D eigenvalue weighted by atomic mass is 10.2. The van der Waals surface area contributed by atoms with Gasteiger partial charge in [-0.1, -0.05) is 17.7 Å². The van der Waals surface area contributed by atoms with Gasteiger partial charge < -0.3 is 10.1 Å². The molecule has 3 nitrogen and oxygen atoms in total. The molecule has 2 aromatic rings. The average Bonchev–Trinajstić information content (AvgIpc) is 3.26. The molecule has 3 rings (SSSR count). The van der Waals surface area contributed by atoms with E-state index in [0.717, 1.165) is 23.4 Å². The van der Waals surface area contributed by atoms with Crippen molar-refractivity contribution < 1.29 is 4.74 Å². The van der Waals surface area contributed by atoms with Crippen molar-refractivity contribution in [2.75, 3.05) is 0 Å². The molecule has 0 saturated heterocycles. The Kier molecular flexibility index (Phi) is 3.90. The fourth-order valence-corrected chi connectivity index (χ4v) is 2.15. The van der Waals surface area contributed by atoms with Crippen LogP contribution in [0.15, 0.2) is 36.7 Å². The second-order valence-electron chi connectivity index (χ2n) is 5.17. The summed E-state index contributed by atoms with van der Waals surface area (Å²) in [5.41, 5.74) is 2.17. The van der Waals surface area contributed by atoms with Gasteiger partial charge in [0, 0.05) is 30.5 Å². The highest BCUT2D eigenvalue weighted by molar-refractivity contribution is 6.32. The van der Waals surface area contributed by atoms with E-state index in [1.165, 1.54) is 12.8 Å². The van der Waals surface area contributed by atoms with E-state index in [4.69, 9.17) is 16.3 Å². The molecule has 0 amide bonds. The molecule has 1 aromatic carbocycles. The summed E-state index contributed by atoms with van der Waals surface area (Å²) >= 11 is 6.18. The van der Waals surface area contributed by atoms with Gasteiger partial charge in [0.25, 0.3) is 0 Å². The third-order valence-corrected chi connectivity index (χ3v) is 3.64. The molecule has 1 aromatic heterocycles. The zero-order chi connectivity index (χ0) is 13.9. The summed E-state index contributed by atoms with van der Waals surface area (Å²) in [6.45, 7) is 2.79. The molecule has 0 atom stereocenters. The number of rotatable bonds is 5. The largest absolute Gasteiger partial charge is 0.455 e. The molecular formula is C16H17ClN2O. The molecule has 0 spiro atoms. The molecule has 1 N–H and O–H groups in total. The summed E-state index contributed by atoms with van der Waals surface area (Å²) in [7, 11) is 0. The Morgan fingerprint density at radius 3 is 2.95 bits per heavy atom. The van der Waals surface area contributed by atoms with Gasteiger partial charge >= 0.3 is 0 Å². The Morgan fingerprint density at radius 2 is 2.15 bits per heavy atom. The highest BCUT2D eigenvalue weighted by Crippen LogP contribution is 2.32. The van der Waals surface area contributed by atoms with Crippen molar-refractivity contribution in [3.63, 3.8) is 0 Å². The lowest BCUT2D eigenvalue weighted by Crippen LogP contribution is -2.15. The SMILES string of the molecule is Cc1ccc(Cl)c(Oc2ccncc2CNC2CC2)c1. The van der Waals surface area contributed by atoms with E-state index in [2.05, 4.69) is 10.3 Å².